The van der Waals surface area contributed by atoms with Crippen LogP contribution in [0.25, 0.3) is 6.08 Å². The van der Waals surface area contributed by atoms with Gasteiger partial charge < -0.3 is 29.2 Å². The van der Waals surface area contributed by atoms with Crippen molar-refractivity contribution < 1.29 is 29.2 Å². The van der Waals surface area contributed by atoms with E-state index in [0.717, 1.165) is 30.4 Å². The smallest absolute Gasteiger partial charge is 0.186 e. The zero-order valence-corrected chi connectivity index (χ0v) is 16.7. The zero-order valence-electron chi connectivity index (χ0n) is 16.7. The lowest BCUT2D eigenvalue weighted by Crippen LogP contribution is -2.63. The van der Waals surface area contributed by atoms with E-state index >= 15 is 0 Å². The molecule has 2 unspecified atom stereocenters. The number of fused-ring (bicyclic) bond motifs is 1. The van der Waals surface area contributed by atoms with Crippen molar-refractivity contribution >= 4 is 6.08 Å². The van der Waals surface area contributed by atoms with Gasteiger partial charge in [-0.15, -0.1) is 0 Å². The Morgan fingerprint density at radius 1 is 1.11 bits per heavy atom. The van der Waals surface area contributed by atoms with Gasteiger partial charge in [0.25, 0.3) is 0 Å². The van der Waals surface area contributed by atoms with Gasteiger partial charge in [-0.05, 0) is 24.0 Å². The second-order valence-corrected chi connectivity index (χ2v) is 7.47. The topological polar surface area (TPSA) is 77.4 Å². The molecule has 6 atom stereocenters. The molecule has 156 valence electrons. The maximum Gasteiger partial charge on any atom is 0.186 e. The van der Waals surface area contributed by atoms with Crippen molar-refractivity contribution in [3.05, 3.63) is 41.5 Å². The molecule has 2 fully saturated rings. The Morgan fingerprint density at radius 2 is 1.89 bits per heavy atom. The molecule has 2 saturated heterocycles. The minimum absolute atomic E-state index is 0.278. The van der Waals surface area contributed by atoms with Gasteiger partial charge in [-0.25, -0.2) is 0 Å². The Labute approximate surface area is 167 Å². The van der Waals surface area contributed by atoms with Crippen molar-refractivity contribution in [1.29, 1.82) is 0 Å². The van der Waals surface area contributed by atoms with Crippen LogP contribution in [0.4, 0.5) is 0 Å². The zero-order chi connectivity index (χ0) is 19.9. The highest BCUT2D eigenvalue weighted by atomic mass is 16.7. The van der Waals surface area contributed by atoms with Gasteiger partial charge in [0.15, 0.2) is 12.6 Å². The lowest BCUT2D eigenvalue weighted by Gasteiger charge is -2.46. The van der Waals surface area contributed by atoms with Crippen molar-refractivity contribution in [3.8, 4) is 0 Å². The summed E-state index contributed by atoms with van der Waals surface area (Å²) in [6.07, 6.45) is 2.72. The molecule has 0 saturated carbocycles. The van der Waals surface area contributed by atoms with Gasteiger partial charge in [0, 0.05) is 7.11 Å². The summed E-state index contributed by atoms with van der Waals surface area (Å²) in [4.78, 5) is 0. The molecule has 0 spiro atoms. The fraction of sp³-hybridized carbons (Fsp3) is 0.636. The van der Waals surface area contributed by atoms with Gasteiger partial charge in [-0.2, -0.15) is 0 Å². The van der Waals surface area contributed by atoms with Gasteiger partial charge >= 0.3 is 0 Å². The van der Waals surface area contributed by atoms with Gasteiger partial charge in [-0.1, -0.05) is 62.6 Å². The lowest BCUT2D eigenvalue weighted by atomic mass is 9.97. The molecule has 2 aliphatic rings. The highest BCUT2D eigenvalue weighted by Crippen LogP contribution is 2.32. The number of hydrogen-bond acceptors (Lipinski definition) is 6. The highest BCUT2D eigenvalue weighted by Gasteiger charge is 2.49. The minimum atomic E-state index is -1.16. The molecule has 0 radical (unpaired) electrons. The van der Waals surface area contributed by atoms with E-state index in [1.165, 1.54) is 20.0 Å². The van der Waals surface area contributed by atoms with E-state index in [1.807, 2.05) is 30.3 Å². The molecule has 2 N–H and O–H groups in total. The fourth-order valence-corrected chi connectivity index (χ4v) is 3.74. The third-order valence-electron chi connectivity index (χ3n) is 5.34. The highest BCUT2D eigenvalue weighted by molar-refractivity contribution is 5.53. The Balaban J connectivity index is 1.72. The molecule has 0 aliphatic carbocycles. The molecular weight excluding hydrogens is 360 g/mol. The molecule has 2 aliphatic heterocycles. The Hall–Kier alpha value is -1.28. The third kappa shape index (κ3) is 5.20. The molecule has 3 rings (SSSR count). The van der Waals surface area contributed by atoms with E-state index in [9.17, 15) is 10.2 Å². The predicted octanol–water partition coefficient (Wildman–Crippen LogP) is 2.88. The summed E-state index contributed by atoms with van der Waals surface area (Å²) in [5, 5.41) is 20.7. The van der Waals surface area contributed by atoms with Gasteiger partial charge in [0.1, 0.15) is 24.4 Å². The molecular formula is C22H32O6. The molecule has 6 nitrogen and oxygen atoms in total. The van der Waals surface area contributed by atoms with Gasteiger partial charge in [-0.3, -0.25) is 0 Å². The molecule has 28 heavy (non-hydrogen) atoms. The Bertz CT molecular complexity index is 617. The van der Waals surface area contributed by atoms with Crippen LogP contribution in [0.15, 0.2) is 35.9 Å². The first-order chi connectivity index (χ1) is 13.6. The number of aliphatic hydroxyl groups excluding tert-OH is 2. The predicted molar refractivity (Wildman–Crippen MR) is 105 cm³/mol. The van der Waals surface area contributed by atoms with E-state index in [-0.39, 0.29) is 6.61 Å². The van der Waals surface area contributed by atoms with E-state index in [0.29, 0.717) is 0 Å². The number of unbranched alkanes of at least 4 members (excludes halogenated alkanes) is 3. The van der Waals surface area contributed by atoms with Crippen molar-refractivity contribution in [3.63, 3.8) is 0 Å². The number of aliphatic hydroxyl groups is 2. The first-order valence-corrected chi connectivity index (χ1v) is 10.2. The molecule has 2 heterocycles. The molecule has 0 aromatic heterocycles. The maximum absolute atomic E-state index is 10.5. The SMILES string of the molecule is CCCCCCC(=Cc1ccccc1)C1OC[C@H]2OC(OC)[C@H](O)[C@@H](O)[C@@H]2O1. The largest absolute Gasteiger partial charge is 0.387 e. The van der Waals surface area contributed by atoms with Crippen molar-refractivity contribution in [1.82, 2.24) is 0 Å². The quantitative estimate of drug-likeness (QED) is 0.663. The van der Waals surface area contributed by atoms with Gasteiger partial charge in [0.2, 0.25) is 0 Å². The normalized spacial score (nSPS) is 33.5. The summed E-state index contributed by atoms with van der Waals surface area (Å²) >= 11 is 0. The first-order valence-electron chi connectivity index (χ1n) is 10.2. The average molecular weight is 392 g/mol. The van der Waals surface area contributed by atoms with Crippen LogP contribution in [-0.4, -0.2) is 60.9 Å². The third-order valence-corrected chi connectivity index (χ3v) is 5.34. The monoisotopic (exact) mass is 392 g/mol. The molecule has 0 bridgehead atoms. The maximum atomic E-state index is 10.5. The lowest BCUT2D eigenvalue weighted by molar-refractivity contribution is -0.349. The number of methoxy groups -OCH3 is 1. The summed E-state index contributed by atoms with van der Waals surface area (Å²) in [5.74, 6) is 0. The van der Waals surface area contributed by atoms with E-state index in [2.05, 4.69) is 13.0 Å². The summed E-state index contributed by atoms with van der Waals surface area (Å²) in [6.45, 7) is 2.47. The standard InChI is InChI=1S/C22H32O6/c1-3-4-5-9-12-16(13-15-10-7-6-8-11-15)21-26-14-17-20(28-21)18(23)19(24)22(25-2)27-17/h6-8,10-11,13,17-24H,3-5,9,12,14H2,1-2H3/t17-,18-,19-,20-,21?,22?/m1/s1. The fourth-order valence-electron chi connectivity index (χ4n) is 3.74. The van der Waals surface area contributed by atoms with Gasteiger partial charge in [0.05, 0.1) is 6.61 Å². The number of hydrogen-bond donors (Lipinski definition) is 2. The first kappa shape index (κ1) is 21.4. The molecule has 1 aromatic carbocycles. The second-order valence-electron chi connectivity index (χ2n) is 7.47. The van der Waals surface area contributed by atoms with Crippen LogP contribution in [0.3, 0.4) is 0 Å². The molecule has 6 heteroatoms. The second kappa shape index (κ2) is 10.5. The van der Waals surface area contributed by atoms with E-state index in [1.54, 1.807) is 0 Å². The van der Waals surface area contributed by atoms with Crippen LogP contribution in [0.2, 0.25) is 0 Å². The van der Waals surface area contributed by atoms with Crippen molar-refractivity contribution in [2.45, 2.75) is 76.0 Å². The summed E-state index contributed by atoms with van der Waals surface area (Å²) in [7, 11) is 1.44. The molecule has 0 amide bonds. The summed E-state index contributed by atoms with van der Waals surface area (Å²) in [5.41, 5.74) is 2.12. The minimum Gasteiger partial charge on any atom is -0.387 e. The van der Waals surface area contributed by atoms with Crippen LogP contribution in [0.5, 0.6) is 0 Å². The van der Waals surface area contributed by atoms with Crippen LogP contribution in [-0.2, 0) is 18.9 Å². The van der Waals surface area contributed by atoms with E-state index < -0.39 is 37.0 Å². The van der Waals surface area contributed by atoms with Crippen LogP contribution >= 0.6 is 0 Å². The van der Waals surface area contributed by atoms with E-state index in [4.69, 9.17) is 18.9 Å². The van der Waals surface area contributed by atoms with Crippen LogP contribution in [0.1, 0.15) is 44.6 Å². The van der Waals surface area contributed by atoms with Crippen molar-refractivity contribution in [2.75, 3.05) is 13.7 Å². The van der Waals surface area contributed by atoms with Crippen LogP contribution < -0.4 is 0 Å². The molecule has 1 aromatic rings. The summed E-state index contributed by atoms with van der Waals surface area (Å²) in [6, 6.07) is 10.1. The Kier molecular flexibility index (Phi) is 8.02. The Morgan fingerprint density at radius 3 is 2.61 bits per heavy atom. The van der Waals surface area contributed by atoms with Crippen molar-refractivity contribution in [2.24, 2.45) is 0 Å². The number of ether oxygens (including phenoxy) is 4. The summed E-state index contributed by atoms with van der Waals surface area (Å²) < 4.78 is 22.8. The van der Waals surface area contributed by atoms with Crippen LogP contribution in [0, 0.1) is 0 Å². The average Bonchev–Trinajstić information content (AvgIpc) is 2.73. The number of rotatable bonds is 8. The number of benzene rings is 1.